The third-order valence-corrected chi connectivity index (χ3v) is 6.05. The van der Waals surface area contributed by atoms with Crippen LogP contribution in [0.2, 0.25) is 0 Å². The number of rotatable bonds is 7. The van der Waals surface area contributed by atoms with Crippen molar-refractivity contribution in [3.05, 3.63) is 95.9 Å². The van der Waals surface area contributed by atoms with Gasteiger partial charge in [-0.05, 0) is 36.0 Å². The molecule has 0 unspecified atom stereocenters. The number of likely N-dealkylation sites (tertiary alicyclic amines) is 1. The lowest BCUT2D eigenvalue weighted by Crippen LogP contribution is -2.41. The Morgan fingerprint density at radius 1 is 0.935 bits per heavy atom. The molecule has 1 saturated heterocycles. The quantitative estimate of drug-likeness (QED) is 0.618. The standard InChI is InChI=1S/C26H28N2O3/c29-25(17-24(21-7-3-1-4-8-21)22-9-5-2-6-10-22)27-18-20-11-14-28(15-12-20)26(30)23-13-16-31-19-23/h1-10,13,16,19-20,24H,11-12,14-15,17-18H2,(H,27,29). The number of piperidine rings is 1. The Hall–Kier alpha value is -3.34. The first-order chi connectivity index (χ1) is 15.2. The van der Waals surface area contributed by atoms with Gasteiger partial charge in [0, 0.05) is 32.0 Å². The van der Waals surface area contributed by atoms with Crippen molar-refractivity contribution in [3.8, 4) is 0 Å². The van der Waals surface area contributed by atoms with Crippen LogP contribution >= 0.6 is 0 Å². The molecular formula is C26H28N2O3. The van der Waals surface area contributed by atoms with E-state index in [9.17, 15) is 9.59 Å². The van der Waals surface area contributed by atoms with Crippen molar-refractivity contribution in [2.75, 3.05) is 19.6 Å². The molecule has 2 aromatic carbocycles. The Bertz CT molecular complexity index is 923. The van der Waals surface area contributed by atoms with E-state index in [-0.39, 0.29) is 17.7 Å². The number of nitrogens with zero attached hydrogens (tertiary/aromatic N) is 1. The lowest BCUT2D eigenvalue weighted by molar-refractivity contribution is -0.121. The summed E-state index contributed by atoms with van der Waals surface area (Å²) in [5.74, 6) is 0.514. The summed E-state index contributed by atoms with van der Waals surface area (Å²) >= 11 is 0. The van der Waals surface area contributed by atoms with Crippen LogP contribution in [0, 0.1) is 5.92 Å². The Kier molecular flexibility index (Phi) is 6.82. The van der Waals surface area contributed by atoms with Crippen molar-refractivity contribution in [1.82, 2.24) is 10.2 Å². The zero-order chi connectivity index (χ0) is 21.5. The zero-order valence-electron chi connectivity index (χ0n) is 17.6. The minimum Gasteiger partial charge on any atom is -0.472 e. The summed E-state index contributed by atoms with van der Waals surface area (Å²) in [7, 11) is 0. The summed E-state index contributed by atoms with van der Waals surface area (Å²) in [6.45, 7) is 2.07. The van der Waals surface area contributed by atoms with Crippen molar-refractivity contribution >= 4 is 11.8 Å². The number of carbonyl (C=O) groups is 2. The predicted molar refractivity (Wildman–Crippen MR) is 120 cm³/mol. The van der Waals surface area contributed by atoms with E-state index in [1.54, 1.807) is 6.07 Å². The fourth-order valence-electron chi connectivity index (χ4n) is 4.22. The van der Waals surface area contributed by atoms with Crippen molar-refractivity contribution in [1.29, 1.82) is 0 Å². The van der Waals surface area contributed by atoms with Gasteiger partial charge in [0.2, 0.25) is 5.91 Å². The summed E-state index contributed by atoms with van der Waals surface area (Å²) in [4.78, 5) is 27.1. The molecule has 0 aliphatic carbocycles. The number of nitrogens with one attached hydrogen (secondary N) is 1. The summed E-state index contributed by atoms with van der Waals surface area (Å²) in [6, 6.07) is 22.1. The fourth-order valence-corrected chi connectivity index (χ4v) is 4.22. The molecule has 4 rings (SSSR count). The SMILES string of the molecule is O=C(CC(c1ccccc1)c1ccccc1)NCC1CCN(C(=O)c2ccoc2)CC1. The summed E-state index contributed by atoms with van der Waals surface area (Å²) in [5.41, 5.74) is 2.89. The van der Waals surface area contributed by atoms with Gasteiger partial charge in [-0.15, -0.1) is 0 Å². The normalized spacial score (nSPS) is 14.5. The van der Waals surface area contributed by atoms with Crippen LogP contribution in [-0.2, 0) is 4.79 Å². The molecule has 0 saturated carbocycles. The van der Waals surface area contributed by atoms with Gasteiger partial charge < -0.3 is 14.6 Å². The van der Waals surface area contributed by atoms with Gasteiger partial charge in [-0.3, -0.25) is 9.59 Å². The van der Waals surface area contributed by atoms with E-state index in [0.29, 0.717) is 37.5 Å². The molecule has 1 aliphatic rings. The largest absolute Gasteiger partial charge is 0.472 e. The molecule has 1 fully saturated rings. The minimum atomic E-state index is 0.0183. The summed E-state index contributed by atoms with van der Waals surface area (Å²) in [6.07, 6.45) is 5.22. The second kappa shape index (κ2) is 10.1. The zero-order valence-corrected chi connectivity index (χ0v) is 17.6. The number of carbonyl (C=O) groups excluding carboxylic acids is 2. The molecule has 5 heteroatoms. The average molecular weight is 417 g/mol. The second-order valence-electron chi connectivity index (χ2n) is 8.13. The Morgan fingerprint density at radius 2 is 1.55 bits per heavy atom. The van der Waals surface area contributed by atoms with E-state index in [4.69, 9.17) is 4.42 Å². The van der Waals surface area contributed by atoms with Gasteiger partial charge in [0.1, 0.15) is 6.26 Å². The lowest BCUT2D eigenvalue weighted by Gasteiger charge is -2.32. The number of amides is 2. The van der Waals surface area contributed by atoms with Crippen LogP contribution in [0.3, 0.4) is 0 Å². The van der Waals surface area contributed by atoms with Gasteiger partial charge in [-0.2, -0.15) is 0 Å². The summed E-state index contributed by atoms with van der Waals surface area (Å²) in [5, 5.41) is 3.14. The van der Waals surface area contributed by atoms with Crippen molar-refractivity contribution in [2.45, 2.75) is 25.2 Å². The first kappa shape index (κ1) is 20.9. The number of furan rings is 1. The molecule has 1 aromatic heterocycles. The molecule has 2 heterocycles. The molecule has 5 nitrogen and oxygen atoms in total. The van der Waals surface area contributed by atoms with Gasteiger partial charge in [0.25, 0.3) is 5.91 Å². The van der Waals surface area contributed by atoms with E-state index in [1.165, 1.54) is 12.5 Å². The Labute approximate surface area is 183 Å². The van der Waals surface area contributed by atoms with Crippen LogP contribution in [0.5, 0.6) is 0 Å². The third-order valence-electron chi connectivity index (χ3n) is 6.05. The van der Waals surface area contributed by atoms with Crippen LogP contribution < -0.4 is 5.32 Å². The summed E-state index contributed by atoms with van der Waals surface area (Å²) < 4.78 is 5.01. The Balaban J connectivity index is 1.29. The minimum absolute atomic E-state index is 0.0183. The molecule has 1 aliphatic heterocycles. The van der Waals surface area contributed by atoms with Crippen molar-refractivity contribution < 1.29 is 14.0 Å². The highest BCUT2D eigenvalue weighted by Crippen LogP contribution is 2.28. The van der Waals surface area contributed by atoms with Gasteiger partial charge in [-0.25, -0.2) is 0 Å². The van der Waals surface area contributed by atoms with Gasteiger partial charge >= 0.3 is 0 Å². The number of hydrogen-bond acceptors (Lipinski definition) is 3. The van der Waals surface area contributed by atoms with E-state index < -0.39 is 0 Å². The maximum absolute atomic E-state index is 12.8. The van der Waals surface area contributed by atoms with Crippen LogP contribution in [-0.4, -0.2) is 36.3 Å². The molecule has 1 N–H and O–H groups in total. The highest BCUT2D eigenvalue weighted by molar-refractivity contribution is 5.93. The fraction of sp³-hybridized carbons (Fsp3) is 0.308. The van der Waals surface area contributed by atoms with Crippen LogP contribution in [0.15, 0.2) is 83.7 Å². The van der Waals surface area contributed by atoms with Gasteiger partial charge in [0.05, 0.1) is 11.8 Å². The van der Waals surface area contributed by atoms with E-state index in [2.05, 4.69) is 29.6 Å². The molecule has 0 bridgehead atoms. The van der Waals surface area contributed by atoms with Crippen molar-refractivity contribution in [2.24, 2.45) is 5.92 Å². The highest BCUT2D eigenvalue weighted by Gasteiger charge is 2.25. The number of hydrogen-bond donors (Lipinski definition) is 1. The highest BCUT2D eigenvalue weighted by atomic mass is 16.3. The molecule has 0 spiro atoms. The van der Waals surface area contributed by atoms with Crippen LogP contribution in [0.4, 0.5) is 0 Å². The van der Waals surface area contributed by atoms with E-state index in [1.807, 2.05) is 41.3 Å². The van der Waals surface area contributed by atoms with Gasteiger partial charge in [-0.1, -0.05) is 60.7 Å². The van der Waals surface area contributed by atoms with E-state index >= 15 is 0 Å². The maximum atomic E-state index is 12.8. The molecule has 160 valence electrons. The van der Waals surface area contributed by atoms with Crippen LogP contribution in [0.1, 0.15) is 46.7 Å². The molecular weight excluding hydrogens is 388 g/mol. The van der Waals surface area contributed by atoms with Crippen molar-refractivity contribution in [3.63, 3.8) is 0 Å². The topological polar surface area (TPSA) is 62.6 Å². The Morgan fingerprint density at radius 3 is 2.10 bits per heavy atom. The molecule has 3 aromatic rings. The van der Waals surface area contributed by atoms with E-state index in [0.717, 1.165) is 24.0 Å². The van der Waals surface area contributed by atoms with Crippen LogP contribution in [0.25, 0.3) is 0 Å². The predicted octanol–water partition coefficient (Wildman–Crippen LogP) is 4.47. The molecule has 0 atom stereocenters. The first-order valence-corrected chi connectivity index (χ1v) is 10.9. The molecule has 31 heavy (non-hydrogen) atoms. The van der Waals surface area contributed by atoms with Gasteiger partial charge in [0.15, 0.2) is 0 Å². The first-order valence-electron chi connectivity index (χ1n) is 10.9. The molecule has 2 amide bonds. The average Bonchev–Trinajstić information content (AvgIpc) is 3.37. The second-order valence-corrected chi connectivity index (χ2v) is 8.13. The maximum Gasteiger partial charge on any atom is 0.257 e. The number of benzene rings is 2. The smallest absolute Gasteiger partial charge is 0.257 e. The lowest BCUT2D eigenvalue weighted by atomic mass is 9.88. The third kappa shape index (κ3) is 5.43. The molecule has 0 radical (unpaired) electrons. The monoisotopic (exact) mass is 416 g/mol.